The van der Waals surface area contributed by atoms with Crippen LogP contribution in [0.1, 0.15) is 114 Å². The number of rotatable bonds is 14. The van der Waals surface area contributed by atoms with E-state index < -0.39 is 23.2 Å². The molecule has 6 rings (SSSR count). The summed E-state index contributed by atoms with van der Waals surface area (Å²) in [6.45, 7) is 14.7. The van der Waals surface area contributed by atoms with Gasteiger partial charge in [0.05, 0.1) is 0 Å². The van der Waals surface area contributed by atoms with E-state index in [1.54, 1.807) is 23.1 Å². The number of ketones is 2. The van der Waals surface area contributed by atoms with E-state index in [0.717, 1.165) is 47.2 Å². The van der Waals surface area contributed by atoms with Gasteiger partial charge in [0, 0.05) is 66.8 Å². The highest BCUT2D eigenvalue weighted by Crippen LogP contribution is 2.32. The Morgan fingerprint density at radius 3 is 2.11 bits per heavy atom. The Morgan fingerprint density at radius 2 is 1.48 bits per heavy atom. The summed E-state index contributed by atoms with van der Waals surface area (Å²) >= 11 is 0. The van der Waals surface area contributed by atoms with Gasteiger partial charge in [-0.05, 0) is 140 Å². The molecule has 0 radical (unpaired) electrons. The number of aliphatic imine (C=N–C) groups is 1. The van der Waals surface area contributed by atoms with Gasteiger partial charge in [-0.3, -0.25) is 14.4 Å². The number of nitrogens with zero attached hydrogens (tertiary/aromatic N) is 5. The number of azo groups is 1. The van der Waals surface area contributed by atoms with Crippen LogP contribution in [0.4, 0.5) is 15.3 Å². The van der Waals surface area contributed by atoms with E-state index in [1.807, 2.05) is 90.9 Å². The van der Waals surface area contributed by atoms with Gasteiger partial charge in [-0.25, -0.2) is 19.6 Å². The molecule has 0 unspecified atom stereocenters. The number of amidine groups is 1. The van der Waals surface area contributed by atoms with Gasteiger partial charge < -0.3 is 25.0 Å². The van der Waals surface area contributed by atoms with Crippen molar-refractivity contribution in [3.63, 3.8) is 0 Å². The maximum atomic E-state index is 14.0. The Labute approximate surface area is 364 Å². The zero-order valence-electron chi connectivity index (χ0n) is 37.2. The Balaban J connectivity index is 1.08. The number of aromatic nitrogens is 1. The minimum atomic E-state index is -0.614. The third-order valence-electron chi connectivity index (χ3n) is 11.4. The fourth-order valence-corrected chi connectivity index (χ4v) is 8.21. The third kappa shape index (κ3) is 13.1. The van der Waals surface area contributed by atoms with Crippen LogP contribution in [-0.2, 0) is 25.5 Å². The maximum Gasteiger partial charge on any atom is 0.410 e. The summed E-state index contributed by atoms with van der Waals surface area (Å²) in [5, 5.41) is 13.9. The molecular weight excluding hydrogens is 787 g/mol. The molecule has 2 atom stereocenters. The SMILES string of the molecule is Cc1nc(C(=O)C[C@@H]2CCN(C(=O)OC(C)(C)C)C2)ccc1-c1ccc(C[C@H](CC(=O)C2CCC(CNC(=O)OC(C)(C)C)CC2)C(=O)Nc2ccc(C3=NCN=N3)cc2)cc1. The number of ether oxygens (including phenoxy) is 2. The Bertz CT molecular complexity index is 2160. The van der Waals surface area contributed by atoms with Crippen LogP contribution in [0.3, 0.4) is 0 Å². The van der Waals surface area contributed by atoms with Crippen LogP contribution in [-0.4, -0.2) is 82.9 Å². The lowest BCUT2D eigenvalue weighted by Gasteiger charge is -2.29. The van der Waals surface area contributed by atoms with Gasteiger partial charge in [-0.1, -0.05) is 30.3 Å². The van der Waals surface area contributed by atoms with Gasteiger partial charge in [0.2, 0.25) is 5.91 Å². The maximum absolute atomic E-state index is 14.0. The number of likely N-dealkylation sites (tertiary alicyclic amines) is 1. The predicted molar refractivity (Wildman–Crippen MR) is 237 cm³/mol. The zero-order chi connectivity index (χ0) is 44.6. The van der Waals surface area contributed by atoms with E-state index in [9.17, 15) is 24.0 Å². The van der Waals surface area contributed by atoms with Crippen molar-refractivity contribution in [1.82, 2.24) is 15.2 Å². The Kier molecular flexibility index (Phi) is 14.7. The lowest BCUT2D eigenvalue weighted by molar-refractivity contribution is -0.129. The highest BCUT2D eigenvalue weighted by Gasteiger charge is 2.33. The molecule has 2 aromatic carbocycles. The quantitative estimate of drug-likeness (QED) is 0.151. The van der Waals surface area contributed by atoms with Crippen molar-refractivity contribution in [1.29, 1.82) is 0 Å². The number of anilines is 1. The normalized spacial score (nSPS) is 19.4. The van der Waals surface area contributed by atoms with Gasteiger partial charge in [-0.15, -0.1) is 5.11 Å². The first-order valence-corrected chi connectivity index (χ1v) is 21.8. The largest absolute Gasteiger partial charge is 0.444 e. The standard InChI is InChI=1S/C48H61N7O7/c1-30-39(20-21-40(52-30)42(57)25-33-22-23-55(28-33)46(60)62-48(5,6)7)34-12-8-31(9-13-34)24-37(44(58)53-38-18-16-36(17-19-38)43-50-29-51-54-43)26-41(56)35-14-10-32(11-15-35)27-49-45(59)61-47(2,3)4/h8-9,12-13,16-21,32-33,35,37H,10-11,14-15,22-29H2,1-7H3,(H,49,59)(H,53,58)/t32?,33-,35?,37+/m0/s1. The summed E-state index contributed by atoms with van der Waals surface area (Å²) in [6.07, 6.45) is 3.74. The number of carbonyl (C=O) groups excluding carboxylic acids is 5. The van der Waals surface area contributed by atoms with Crippen LogP contribution in [0.5, 0.6) is 0 Å². The molecule has 2 N–H and O–H groups in total. The van der Waals surface area contributed by atoms with Crippen molar-refractivity contribution < 1.29 is 33.4 Å². The van der Waals surface area contributed by atoms with Crippen LogP contribution in [0, 0.1) is 30.6 Å². The lowest BCUT2D eigenvalue weighted by atomic mass is 9.77. The molecule has 14 heteroatoms. The van der Waals surface area contributed by atoms with E-state index in [-0.39, 0.29) is 47.7 Å². The van der Waals surface area contributed by atoms with Gasteiger partial charge >= 0.3 is 12.2 Å². The summed E-state index contributed by atoms with van der Waals surface area (Å²) in [6, 6.07) is 18.9. The summed E-state index contributed by atoms with van der Waals surface area (Å²) < 4.78 is 10.9. The molecule has 2 aliphatic heterocycles. The molecular formula is C48H61N7O7. The fraction of sp³-hybridized carbons (Fsp3) is 0.521. The lowest BCUT2D eigenvalue weighted by Crippen LogP contribution is -2.37. The molecule has 1 saturated heterocycles. The highest BCUT2D eigenvalue weighted by atomic mass is 16.6. The number of hydrogen-bond donors (Lipinski definition) is 2. The van der Waals surface area contributed by atoms with E-state index >= 15 is 0 Å². The minimum absolute atomic E-state index is 0.0471. The van der Waals surface area contributed by atoms with Gasteiger partial charge in [0.25, 0.3) is 0 Å². The first-order valence-electron chi connectivity index (χ1n) is 21.8. The second kappa shape index (κ2) is 19.9. The molecule has 3 aliphatic rings. The van der Waals surface area contributed by atoms with Gasteiger partial charge in [-0.2, -0.15) is 5.11 Å². The average molecular weight is 848 g/mol. The zero-order valence-corrected chi connectivity index (χ0v) is 37.2. The second-order valence-corrected chi connectivity index (χ2v) is 18.8. The highest BCUT2D eigenvalue weighted by molar-refractivity contribution is 6.01. The molecule has 1 aromatic heterocycles. The molecule has 0 spiro atoms. The molecule has 3 amide bonds. The summed E-state index contributed by atoms with van der Waals surface area (Å²) in [4.78, 5) is 76.4. The number of hydrogen-bond acceptors (Lipinski definition) is 11. The first-order chi connectivity index (χ1) is 29.4. The number of Topliss-reactive ketones (excluding diaryl/α,β-unsaturated/α-hetero) is 2. The number of carbonyl (C=O) groups is 5. The van der Waals surface area contributed by atoms with E-state index in [1.165, 1.54) is 0 Å². The summed E-state index contributed by atoms with van der Waals surface area (Å²) in [5.41, 5.74) is 4.10. The number of aryl methyl sites for hydroxylation is 1. The molecule has 1 saturated carbocycles. The monoisotopic (exact) mass is 847 g/mol. The summed E-state index contributed by atoms with van der Waals surface area (Å²) in [5.74, 6) is -0.128. The number of pyridine rings is 1. The third-order valence-corrected chi connectivity index (χ3v) is 11.4. The number of alkyl carbamates (subject to hydrolysis) is 1. The van der Waals surface area contributed by atoms with E-state index in [0.29, 0.717) is 69.2 Å². The van der Waals surface area contributed by atoms with Crippen molar-refractivity contribution in [2.24, 2.45) is 38.9 Å². The molecule has 330 valence electrons. The number of nitrogens with one attached hydrogen (secondary N) is 2. The first kappa shape index (κ1) is 45.7. The molecule has 1 aliphatic carbocycles. The second-order valence-electron chi connectivity index (χ2n) is 18.8. The van der Waals surface area contributed by atoms with Crippen LogP contribution in [0.25, 0.3) is 11.1 Å². The molecule has 14 nitrogen and oxygen atoms in total. The van der Waals surface area contributed by atoms with Gasteiger partial charge in [0.15, 0.2) is 18.3 Å². The number of benzene rings is 2. The fourth-order valence-electron chi connectivity index (χ4n) is 8.21. The van der Waals surface area contributed by atoms with Crippen molar-refractivity contribution in [3.8, 4) is 11.1 Å². The van der Waals surface area contributed by atoms with Crippen molar-refractivity contribution in [3.05, 3.63) is 83.2 Å². The summed E-state index contributed by atoms with van der Waals surface area (Å²) in [7, 11) is 0. The molecule has 3 heterocycles. The topological polar surface area (TPSA) is 181 Å². The minimum Gasteiger partial charge on any atom is -0.444 e. The van der Waals surface area contributed by atoms with Crippen LogP contribution >= 0.6 is 0 Å². The van der Waals surface area contributed by atoms with E-state index in [4.69, 9.17) is 9.47 Å². The van der Waals surface area contributed by atoms with Crippen LogP contribution in [0.15, 0.2) is 75.9 Å². The molecule has 2 fully saturated rings. The van der Waals surface area contributed by atoms with Crippen molar-refractivity contribution >= 4 is 41.2 Å². The predicted octanol–water partition coefficient (Wildman–Crippen LogP) is 9.14. The van der Waals surface area contributed by atoms with Crippen LogP contribution < -0.4 is 10.6 Å². The van der Waals surface area contributed by atoms with Crippen LogP contribution in [0.2, 0.25) is 0 Å². The molecule has 0 bridgehead atoms. The Hall–Kier alpha value is -5.79. The van der Waals surface area contributed by atoms with Crippen molar-refractivity contribution in [2.75, 3.05) is 31.6 Å². The van der Waals surface area contributed by atoms with Crippen molar-refractivity contribution in [2.45, 2.75) is 111 Å². The average Bonchev–Trinajstić information content (AvgIpc) is 3.93. The van der Waals surface area contributed by atoms with Gasteiger partial charge in [0.1, 0.15) is 22.7 Å². The smallest absolute Gasteiger partial charge is 0.410 e. The number of amides is 3. The van der Waals surface area contributed by atoms with E-state index in [2.05, 4.69) is 30.8 Å². The molecule has 3 aromatic rings. The Morgan fingerprint density at radius 1 is 0.806 bits per heavy atom. The molecule has 62 heavy (non-hydrogen) atoms.